The minimum absolute atomic E-state index is 0.178. The Hall–Kier alpha value is -2.23. The maximum Gasteiger partial charge on any atom is 0.385 e. The maximum atomic E-state index is 10.4. The summed E-state index contributed by atoms with van der Waals surface area (Å²) >= 11 is 0. The van der Waals surface area contributed by atoms with Gasteiger partial charge in [0.05, 0.1) is 4.90 Å². The highest BCUT2D eigenvalue weighted by atomic mass is 32.2. The number of hydrogen-bond donors (Lipinski definition) is 0. The number of nitrogens with zero attached hydrogens (tertiary/aromatic N) is 2. The van der Waals surface area contributed by atoms with Crippen LogP contribution in [0.15, 0.2) is 53.4 Å². The smallest absolute Gasteiger partial charge is 0.385 e. The Morgan fingerprint density at radius 1 is 0.900 bits per heavy atom. The molecule has 0 aliphatic heterocycles. The lowest BCUT2D eigenvalue weighted by atomic mass is 10.2. The zero-order chi connectivity index (χ0) is 15.2. The first-order chi connectivity index (χ1) is 9.32. The Kier molecular flexibility index (Phi) is 5.38. The monoisotopic (exact) mass is 290 g/mol. The quantitative estimate of drug-likeness (QED) is 0.595. The van der Waals surface area contributed by atoms with E-state index in [2.05, 4.69) is 4.98 Å². The van der Waals surface area contributed by atoms with E-state index in [-0.39, 0.29) is 4.90 Å². The number of rotatable bonds is 1. The fourth-order valence-corrected chi connectivity index (χ4v) is 1.79. The van der Waals surface area contributed by atoms with Gasteiger partial charge < -0.3 is 4.55 Å². The molecular formula is C14H14N2O3S. The molecule has 0 atom stereocenters. The molecule has 0 saturated carbocycles. The van der Waals surface area contributed by atoms with Gasteiger partial charge in [0, 0.05) is 12.1 Å². The molecule has 0 heterocycles. The summed E-state index contributed by atoms with van der Waals surface area (Å²) in [7, 11) is -4.27. The lowest BCUT2D eigenvalue weighted by molar-refractivity contribution is 0.463. The van der Waals surface area contributed by atoms with Crippen LogP contribution in [0.25, 0.3) is 4.98 Å². The molecule has 0 aliphatic rings. The van der Waals surface area contributed by atoms with E-state index in [1.165, 1.54) is 17.7 Å². The van der Waals surface area contributed by atoms with Crippen molar-refractivity contribution in [1.82, 2.24) is 0 Å². The van der Waals surface area contributed by atoms with Crippen LogP contribution in [0.2, 0.25) is 0 Å². The summed E-state index contributed by atoms with van der Waals surface area (Å²) in [6.07, 6.45) is 0. The highest BCUT2D eigenvalue weighted by Crippen LogP contribution is 2.11. The average Bonchev–Trinajstić information content (AvgIpc) is 2.40. The first-order valence-corrected chi connectivity index (χ1v) is 7.18. The fourth-order valence-electron chi connectivity index (χ4n) is 1.32. The molecule has 5 nitrogen and oxygen atoms in total. The summed E-state index contributed by atoms with van der Waals surface area (Å²) in [4.78, 5) is 2.83. The van der Waals surface area contributed by atoms with Gasteiger partial charge in [-0.1, -0.05) is 35.4 Å². The number of aryl methyl sites for hydroxylation is 2. The average molecular weight is 290 g/mol. The molecule has 2 aromatic carbocycles. The Labute approximate surface area is 118 Å². The second kappa shape index (κ2) is 6.80. The summed E-state index contributed by atoms with van der Waals surface area (Å²) in [6.45, 7) is 3.81. The maximum absolute atomic E-state index is 10.4. The molecule has 0 aromatic heterocycles. The topological polar surface area (TPSA) is 85.3 Å². The third-order valence-corrected chi connectivity index (χ3v) is 3.31. The fraction of sp³-hybridized carbons (Fsp3) is 0.143. The molecule has 104 valence electrons. The molecule has 2 aromatic rings. The van der Waals surface area contributed by atoms with Crippen molar-refractivity contribution >= 4 is 15.8 Å². The summed E-state index contributed by atoms with van der Waals surface area (Å²) in [6, 6.07) is 13.1. The first kappa shape index (κ1) is 15.8. The van der Waals surface area contributed by atoms with Crippen LogP contribution in [-0.4, -0.2) is 13.0 Å². The summed E-state index contributed by atoms with van der Waals surface area (Å²) in [5.74, 6) is 0. The largest absolute Gasteiger partial charge is 0.744 e. The van der Waals surface area contributed by atoms with Crippen molar-refractivity contribution in [1.29, 1.82) is 5.39 Å². The SMILES string of the molecule is Cc1ccc(S(=O)(=O)[O-])cc1.Cc1ccc([N+]#N)cc1. The third-order valence-electron chi connectivity index (χ3n) is 2.46. The van der Waals surface area contributed by atoms with E-state index in [0.29, 0.717) is 5.69 Å². The van der Waals surface area contributed by atoms with Crippen LogP contribution >= 0.6 is 0 Å². The number of hydrogen-bond acceptors (Lipinski definition) is 4. The van der Waals surface area contributed by atoms with Crippen molar-refractivity contribution in [3.8, 4) is 0 Å². The highest BCUT2D eigenvalue weighted by Gasteiger charge is 1.99. The lowest BCUT2D eigenvalue weighted by Gasteiger charge is -2.05. The molecule has 2 rings (SSSR count). The van der Waals surface area contributed by atoms with E-state index in [1.54, 1.807) is 24.3 Å². The molecule has 0 fully saturated rings. The second-order valence-corrected chi connectivity index (χ2v) is 5.58. The van der Waals surface area contributed by atoms with Crippen LogP contribution < -0.4 is 0 Å². The summed E-state index contributed by atoms with van der Waals surface area (Å²) in [5.41, 5.74) is 2.69. The molecule has 0 spiro atoms. The van der Waals surface area contributed by atoms with Crippen LogP contribution in [0.3, 0.4) is 0 Å². The van der Waals surface area contributed by atoms with Crippen molar-refractivity contribution in [3.63, 3.8) is 0 Å². The molecule has 0 aliphatic carbocycles. The van der Waals surface area contributed by atoms with Crippen LogP contribution in [0.1, 0.15) is 11.1 Å². The molecule has 0 saturated heterocycles. The van der Waals surface area contributed by atoms with Crippen LogP contribution in [0, 0.1) is 19.2 Å². The Balaban J connectivity index is 0.000000204. The van der Waals surface area contributed by atoms with E-state index in [1.807, 2.05) is 26.0 Å². The number of benzene rings is 2. The zero-order valence-corrected chi connectivity index (χ0v) is 12.0. The van der Waals surface area contributed by atoms with E-state index < -0.39 is 10.1 Å². The molecule has 0 bridgehead atoms. The molecule has 20 heavy (non-hydrogen) atoms. The second-order valence-electron chi connectivity index (χ2n) is 4.20. The Bertz CT molecular complexity index is 700. The van der Waals surface area contributed by atoms with Crippen molar-refractivity contribution in [2.45, 2.75) is 18.7 Å². The Morgan fingerprint density at radius 2 is 1.30 bits per heavy atom. The van der Waals surface area contributed by atoms with Gasteiger partial charge in [0.2, 0.25) is 5.39 Å². The zero-order valence-electron chi connectivity index (χ0n) is 11.1. The van der Waals surface area contributed by atoms with E-state index in [4.69, 9.17) is 5.39 Å². The molecule has 6 heteroatoms. The van der Waals surface area contributed by atoms with Crippen molar-refractivity contribution in [2.24, 2.45) is 0 Å². The minimum Gasteiger partial charge on any atom is -0.744 e. The van der Waals surface area contributed by atoms with Crippen molar-refractivity contribution in [2.75, 3.05) is 0 Å². The molecule has 0 N–H and O–H groups in total. The lowest BCUT2D eigenvalue weighted by Crippen LogP contribution is -1.97. The first-order valence-electron chi connectivity index (χ1n) is 5.77. The van der Waals surface area contributed by atoms with Gasteiger partial charge in [-0.2, -0.15) is 0 Å². The highest BCUT2D eigenvalue weighted by molar-refractivity contribution is 7.85. The molecule has 0 radical (unpaired) electrons. The summed E-state index contributed by atoms with van der Waals surface area (Å²) < 4.78 is 31.2. The molecule has 0 amide bonds. The van der Waals surface area contributed by atoms with Gasteiger partial charge in [-0.3, -0.25) is 0 Å². The van der Waals surface area contributed by atoms with E-state index in [0.717, 1.165) is 5.56 Å². The molecular weight excluding hydrogens is 276 g/mol. The van der Waals surface area contributed by atoms with E-state index >= 15 is 0 Å². The van der Waals surface area contributed by atoms with Gasteiger partial charge in [0.25, 0.3) is 0 Å². The predicted molar refractivity (Wildman–Crippen MR) is 75.1 cm³/mol. The van der Waals surface area contributed by atoms with Gasteiger partial charge in [0.1, 0.15) is 10.1 Å². The van der Waals surface area contributed by atoms with Crippen molar-refractivity contribution < 1.29 is 13.0 Å². The van der Waals surface area contributed by atoms with Crippen molar-refractivity contribution in [3.05, 3.63) is 64.6 Å². The van der Waals surface area contributed by atoms with Gasteiger partial charge in [-0.05, 0) is 26.0 Å². The van der Waals surface area contributed by atoms with Crippen LogP contribution in [-0.2, 0) is 10.1 Å². The predicted octanol–water partition coefficient (Wildman–Crippen LogP) is 3.38. The molecule has 0 unspecified atom stereocenters. The standard InChI is InChI=1S/C7H7N2.C7H8O3S/c1-6-2-4-7(9-8)5-3-6;1-6-2-4-7(5-3-6)11(8,9)10/h2-5H,1H3;2-5H,1H3,(H,8,9,10)/q+1;/p-1. The third kappa shape index (κ3) is 5.18. The minimum atomic E-state index is -4.27. The van der Waals surface area contributed by atoms with E-state index in [9.17, 15) is 13.0 Å². The normalized spacial score (nSPS) is 10.1. The number of diazo groups is 1. The van der Waals surface area contributed by atoms with Crippen LogP contribution in [0.4, 0.5) is 5.69 Å². The van der Waals surface area contributed by atoms with Gasteiger partial charge in [-0.25, -0.2) is 8.42 Å². The van der Waals surface area contributed by atoms with Gasteiger partial charge in [-0.15, -0.1) is 0 Å². The van der Waals surface area contributed by atoms with Crippen LogP contribution in [0.5, 0.6) is 0 Å². The Morgan fingerprint density at radius 3 is 1.65 bits per heavy atom. The van der Waals surface area contributed by atoms with Gasteiger partial charge in [0.15, 0.2) is 4.98 Å². The van der Waals surface area contributed by atoms with Gasteiger partial charge >= 0.3 is 5.69 Å². The summed E-state index contributed by atoms with van der Waals surface area (Å²) in [5, 5.41) is 8.25.